The van der Waals surface area contributed by atoms with E-state index in [1.54, 1.807) is 32.4 Å². The van der Waals surface area contributed by atoms with Crippen LogP contribution in [0.25, 0.3) is 11.5 Å². The Morgan fingerprint density at radius 1 is 1.19 bits per heavy atom. The van der Waals surface area contributed by atoms with Crippen LogP contribution in [0, 0.1) is 12.8 Å². The number of rotatable bonds is 7. The Balaban J connectivity index is 1.37. The van der Waals surface area contributed by atoms with Gasteiger partial charge in [-0.15, -0.1) is 0 Å². The minimum atomic E-state index is -0.126. The van der Waals surface area contributed by atoms with E-state index in [4.69, 9.17) is 14.0 Å². The number of hydrogen-bond acceptors (Lipinski definition) is 7. The van der Waals surface area contributed by atoms with Gasteiger partial charge in [-0.25, -0.2) is 0 Å². The fourth-order valence-corrected chi connectivity index (χ4v) is 3.88. The first-order valence-electron chi connectivity index (χ1n) is 10.7. The number of likely N-dealkylation sites (tertiary alicyclic amines) is 1. The van der Waals surface area contributed by atoms with Crippen molar-refractivity contribution in [2.24, 2.45) is 5.92 Å². The summed E-state index contributed by atoms with van der Waals surface area (Å²) in [5.41, 5.74) is 2.72. The van der Waals surface area contributed by atoms with Crippen molar-refractivity contribution in [1.29, 1.82) is 0 Å². The Morgan fingerprint density at radius 3 is 2.75 bits per heavy atom. The molecule has 0 bridgehead atoms. The molecule has 4 rings (SSSR count). The molecular formula is C24H28N4O4. The van der Waals surface area contributed by atoms with Crippen LogP contribution in [0.4, 0.5) is 5.69 Å². The SMILES string of the molecule is COc1ccc(NC(=O)[C@H]2CCCN(Cc3noc(-c4ccc(C)cc4)n3)C2)c(OC)c1. The van der Waals surface area contributed by atoms with Crippen LogP contribution in [0.15, 0.2) is 47.0 Å². The lowest BCUT2D eigenvalue weighted by atomic mass is 9.97. The molecule has 0 saturated carbocycles. The average Bonchev–Trinajstić information content (AvgIpc) is 3.28. The van der Waals surface area contributed by atoms with Crippen LogP contribution >= 0.6 is 0 Å². The molecule has 1 amide bonds. The van der Waals surface area contributed by atoms with Crippen molar-refractivity contribution in [1.82, 2.24) is 15.0 Å². The molecule has 1 atom stereocenters. The summed E-state index contributed by atoms with van der Waals surface area (Å²) in [4.78, 5) is 19.7. The first kappa shape index (κ1) is 21.8. The van der Waals surface area contributed by atoms with Crippen molar-refractivity contribution in [3.63, 3.8) is 0 Å². The summed E-state index contributed by atoms with van der Waals surface area (Å²) in [7, 11) is 3.17. The largest absolute Gasteiger partial charge is 0.497 e. The predicted octanol–water partition coefficient (Wildman–Crippen LogP) is 3.91. The second-order valence-electron chi connectivity index (χ2n) is 8.01. The first-order chi connectivity index (χ1) is 15.6. The fourth-order valence-electron chi connectivity index (χ4n) is 3.88. The van der Waals surface area contributed by atoms with E-state index >= 15 is 0 Å². The Kier molecular flexibility index (Phi) is 6.70. The van der Waals surface area contributed by atoms with Gasteiger partial charge in [0.05, 0.1) is 32.4 Å². The van der Waals surface area contributed by atoms with Gasteiger partial charge >= 0.3 is 0 Å². The molecule has 168 valence electrons. The first-order valence-corrected chi connectivity index (χ1v) is 10.7. The van der Waals surface area contributed by atoms with E-state index < -0.39 is 0 Å². The maximum absolute atomic E-state index is 12.9. The van der Waals surface area contributed by atoms with Crippen LogP contribution in [0.3, 0.4) is 0 Å². The zero-order chi connectivity index (χ0) is 22.5. The highest BCUT2D eigenvalue weighted by atomic mass is 16.5. The summed E-state index contributed by atoms with van der Waals surface area (Å²) in [5.74, 6) is 2.23. The number of ether oxygens (including phenoxy) is 2. The summed E-state index contributed by atoms with van der Waals surface area (Å²) in [6, 6.07) is 13.3. The van der Waals surface area contributed by atoms with Crippen molar-refractivity contribution in [2.45, 2.75) is 26.3 Å². The van der Waals surface area contributed by atoms with Gasteiger partial charge in [-0.2, -0.15) is 4.98 Å². The Hall–Kier alpha value is -3.39. The standard InChI is InChI=1S/C24H28N4O4/c1-16-6-8-17(9-7-16)24-26-22(27-32-24)15-28-12-4-5-18(14-28)23(29)25-20-11-10-19(30-2)13-21(20)31-3/h6-11,13,18H,4-5,12,14-15H2,1-3H3,(H,25,29)/t18-/m0/s1. The van der Waals surface area contributed by atoms with Crippen molar-refractivity contribution >= 4 is 11.6 Å². The highest BCUT2D eigenvalue weighted by Gasteiger charge is 2.27. The summed E-state index contributed by atoms with van der Waals surface area (Å²) >= 11 is 0. The number of carbonyl (C=O) groups excluding carboxylic acids is 1. The van der Waals surface area contributed by atoms with Crippen LogP contribution < -0.4 is 14.8 Å². The predicted molar refractivity (Wildman–Crippen MR) is 121 cm³/mol. The van der Waals surface area contributed by atoms with E-state index in [1.807, 2.05) is 31.2 Å². The fraction of sp³-hybridized carbons (Fsp3) is 0.375. The molecule has 3 aromatic rings. The van der Waals surface area contributed by atoms with E-state index in [1.165, 1.54) is 5.56 Å². The van der Waals surface area contributed by atoms with Crippen LogP contribution in [-0.4, -0.2) is 48.3 Å². The summed E-state index contributed by atoms with van der Waals surface area (Å²) in [6.07, 6.45) is 1.77. The lowest BCUT2D eigenvalue weighted by molar-refractivity contribution is -0.121. The molecule has 1 aliphatic rings. The van der Waals surface area contributed by atoms with Crippen molar-refractivity contribution in [3.05, 3.63) is 53.9 Å². The second-order valence-corrected chi connectivity index (χ2v) is 8.01. The van der Waals surface area contributed by atoms with Crippen molar-refractivity contribution < 1.29 is 18.8 Å². The number of piperidine rings is 1. The van der Waals surface area contributed by atoms with E-state index in [2.05, 4.69) is 20.4 Å². The van der Waals surface area contributed by atoms with E-state index in [-0.39, 0.29) is 11.8 Å². The molecule has 2 heterocycles. The second kappa shape index (κ2) is 9.82. The molecule has 0 spiro atoms. The van der Waals surface area contributed by atoms with E-state index in [9.17, 15) is 4.79 Å². The Morgan fingerprint density at radius 2 is 2.00 bits per heavy atom. The molecule has 1 fully saturated rings. The van der Waals surface area contributed by atoms with Crippen molar-refractivity contribution in [3.8, 4) is 23.0 Å². The monoisotopic (exact) mass is 436 g/mol. The number of hydrogen-bond donors (Lipinski definition) is 1. The number of aryl methyl sites for hydroxylation is 1. The molecule has 32 heavy (non-hydrogen) atoms. The van der Waals surface area contributed by atoms with Crippen LogP contribution in [-0.2, 0) is 11.3 Å². The molecule has 0 radical (unpaired) electrons. The third-order valence-electron chi connectivity index (χ3n) is 5.67. The number of aromatic nitrogens is 2. The topological polar surface area (TPSA) is 89.7 Å². The quantitative estimate of drug-likeness (QED) is 0.600. The minimum absolute atomic E-state index is 0.0216. The minimum Gasteiger partial charge on any atom is -0.497 e. The summed E-state index contributed by atoms with van der Waals surface area (Å²) in [5, 5.41) is 7.13. The third kappa shape index (κ3) is 5.08. The zero-order valence-corrected chi connectivity index (χ0v) is 18.6. The summed E-state index contributed by atoms with van der Waals surface area (Å²) in [6.45, 7) is 4.12. The van der Waals surface area contributed by atoms with Gasteiger partial charge in [-0.05, 0) is 50.6 Å². The molecule has 1 saturated heterocycles. The third-order valence-corrected chi connectivity index (χ3v) is 5.67. The van der Waals surface area contributed by atoms with Crippen LogP contribution in [0.5, 0.6) is 11.5 Å². The lowest BCUT2D eigenvalue weighted by Gasteiger charge is -2.31. The molecule has 8 heteroatoms. The highest BCUT2D eigenvalue weighted by Crippen LogP contribution is 2.30. The maximum Gasteiger partial charge on any atom is 0.257 e. The normalized spacial score (nSPS) is 16.5. The van der Waals surface area contributed by atoms with Crippen molar-refractivity contribution in [2.75, 3.05) is 32.6 Å². The molecule has 1 N–H and O–H groups in total. The molecule has 8 nitrogen and oxygen atoms in total. The van der Waals surface area contributed by atoms with Crippen LogP contribution in [0.1, 0.15) is 24.2 Å². The van der Waals surface area contributed by atoms with Gasteiger partial charge in [0.15, 0.2) is 5.82 Å². The number of anilines is 1. The number of benzene rings is 2. The van der Waals surface area contributed by atoms with Gasteiger partial charge in [-0.1, -0.05) is 22.9 Å². The van der Waals surface area contributed by atoms with Gasteiger partial charge in [0.2, 0.25) is 5.91 Å². The molecular weight excluding hydrogens is 408 g/mol. The number of nitrogens with zero attached hydrogens (tertiary/aromatic N) is 3. The van der Waals surface area contributed by atoms with Gasteiger partial charge in [0.1, 0.15) is 11.5 Å². The molecule has 0 unspecified atom stereocenters. The van der Waals surface area contributed by atoms with Gasteiger partial charge in [0, 0.05) is 18.2 Å². The van der Waals surface area contributed by atoms with Crippen LogP contribution in [0.2, 0.25) is 0 Å². The Labute approximate surface area is 187 Å². The number of methoxy groups -OCH3 is 2. The van der Waals surface area contributed by atoms with Gasteiger partial charge < -0.3 is 19.3 Å². The average molecular weight is 437 g/mol. The lowest BCUT2D eigenvalue weighted by Crippen LogP contribution is -2.40. The highest BCUT2D eigenvalue weighted by molar-refractivity contribution is 5.94. The number of amides is 1. The zero-order valence-electron chi connectivity index (χ0n) is 18.6. The van der Waals surface area contributed by atoms with E-state index in [0.29, 0.717) is 42.0 Å². The number of carbonyl (C=O) groups is 1. The van der Waals surface area contributed by atoms with E-state index in [0.717, 1.165) is 24.9 Å². The molecule has 2 aromatic carbocycles. The number of nitrogens with one attached hydrogen (secondary N) is 1. The summed E-state index contributed by atoms with van der Waals surface area (Å²) < 4.78 is 16.0. The maximum atomic E-state index is 12.9. The molecule has 1 aromatic heterocycles. The molecule has 0 aliphatic carbocycles. The smallest absolute Gasteiger partial charge is 0.257 e. The van der Waals surface area contributed by atoms with Gasteiger partial charge in [0.25, 0.3) is 5.89 Å². The van der Waals surface area contributed by atoms with Gasteiger partial charge in [-0.3, -0.25) is 9.69 Å². The molecule has 1 aliphatic heterocycles. The Bertz CT molecular complexity index is 1060.